The summed E-state index contributed by atoms with van der Waals surface area (Å²) in [5.74, 6) is 2.53. The molecule has 1 N–H and O–H groups in total. The van der Waals surface area contributed by atoms with Crippen LogP contribution >= 0.6 is 23.5 Å². The quantitative estimate of drug-likeness (QED) is 0.916. The summed E-state index contributed by atoms with van der Waals surface area (Å²) in [5.41, 5.74) is 2.49. The van der Waals surface area contributed by atoms with E-state index in [1.165, 1.54) is 22.5 Å². The number of hydrogen-bond donors (Lipinski definition) is 1. The van der Waals surface area contributed by atoms with Crippen LogP contribution in [0.1, 0.15) is 25.5 Å². The maximum absolute atomic E-state index is 4.51. The van der Waals surface area contributed by atoms with E-state index < -0.39 is 0 Å². The predicted octanol–water partition coefficient (Wildman–Crippen LogP) is 4.12. The molecule has 1 aliphatic rings. The van der Waals surface area contributed by atoms with Crippen molar-refractivity contribution in [3.05, 3.63) is 42.1 Å². The van der Waals surface area contributed by atoms with Gasteiger partial charge in [-0.15, -0.1) is 0 Å². The van der Waals surface area contributed by atoms with Gasteiger partial charge in [0.15, 0.2) is 0 Å². The summed E-state index contributed by atoms with van der Waals surface area (Å²) < 4.78 is 0. The van der Waals surface area contributed by atoms with Gasteiger partial charge >= 0.3 is 0 Å². The van der Waals surface area contributed by atoms with Crippen molar-refractivity contribution < 1.29 is 0 Å². The Hall–Kier alpha value is -0.710. The number of aromatic nitrogens is 1. The molecule has 1 fully saturated rings. The number of benzene rings is 1. The summed E-state index contributed by atoms with van der Waals surface area (Å²) in [7, 11) is 0. The molecule has 0 amide bonds. The molecule has 3 unspecified atom stereocenters. The predicted molar refractivity (Wildman–Crippen MR) is 96.3 cm³/mol. The molecule has 1 aromatic heterocycles. The molecule has 2 aromatic rings. The molecule has 112 valence electrons. The number of thioether (sulfide) groups is 2. The van der Waals surface area contributed by atoms with Crippen LogP contribution < -0.4 is 5.32 Å². The van der Waals surface area contributed by atoms with Crippen molar-refractivity contribution in [2.45, 2.75) is 30.4 Å². The van der Waals surface area contributed by atoms with Crippen LogP contribution in [-0.4, -0.2) is 33.5 Å². The molecular formula is C17H22N2S2. The van der Waals surface area contributed by atoms with Crippen molar-refractivity contribution in [3.63, 3.8) is 0 Å². The molecule has 1 aromatic carbocycles. The van der Waals surface area contributed by atoms with Crippen LogP contribution in [0, 0.1) is 0 Å². The Morgan fingerprint density at radius 3 is 2.90 bits per heavy atom. The molecule has 2 heterocycles. The van der Waals surface area contributed by atoms with E-state index in [9.17, 15) is 0 Å². The van der Waals surface area contributed by atoms with Gasteiger partial charge in [-0.2, -0.15) is 23.5 Å². The highest BCUT2D eigenvalue weighted by molar-refractivity contribution is 8.07. The molecule has 3 atom stereocenters. The first kappa shape index (κ1) is 15.2. The van der Waals surface area contributed by atoms with Gasteiger partial charge in [0.05, 0.1) is 5.52 Å². The van der Waals surface area contributed by atoms with E-state index >= 15 is 0 Å². The molecule has 0 bridgehead atoms. The maximum atomic E-state index is 4.51. The van der Waals surface area contributed by atoms with Gasteiger partial charge in [0.2, 0.25) is 0 Å². The van der Waals surface area contributed by atoms with Crippen molar-refractivity contribution in [1.82, 2.24) is 10.3 Å². The molecule has 1 aliphatic heterocycles. The van der Waals surface area contributed by atoms with E-state index in [0.29, 0.717) is 16.5 Å². The van der Waals surface area contributed by atoms with Gasteiger partial charge in [-0.25, -0.2) is 0 Å². The second kappa shape index (κ2) is 7.03. The van der Waals surface area contributed by atoms with Gasteiger partial charge in [0.25, 0.3) is 0 Å². The first-order valence-corrected chi connectivity index (χ1v) is 9.71. The van der Waals surface area contributed by atoms with E-state index in [4.69, 9.17) is 0 Å². The Balaban J connectivity index is 2.02. The highest BCUT2D eigenvalue weighted by Gasteiger charge is 2.31. The fraction of sp³-hybridized carbons (Fsp3) is 0.471. The standard InChI is InChI=1S/C17H22N2S2/c1-3-18-16(17-12(2)20-10-11-21-17)14-6-4-8-15-13(14)7-5-9-19-15/h4-9,12,16-18H,3,10-11H2,1-2H3. The summed E-state index contributed by atoms with van der Waals surface area (Å²) in [5, 5.41) is 6.32. The number of nitrogens with zero attached hydrogens (tertiary/aromatic N) is 1. The van der Waals surface area contributed by atoms with Gasteiger partial charge < -0.3 is 5.32 Å². The van der Waals surface area contributed by atoms with Crippen LogP contribution in [0.5, 0.6) is 0 Å². The van der Waals surface area contributed by atoms with Crippen molar-refractivity contribution in [2.75, 3.05) is 18.1 Å². The lowest BCUT2D eigenvalue weighted by atomic mass is 9.97. The normalized spacial score (nSPS) is 24.1. The average molecular weight is 319 g/mol. The molecule has 4 heteroatoms. The second-order valence-electron chi connectivity index (χ2n) is 5.36. The van der Waals surface area contributed by atoms with Gasteiger partial charge in [0.1, 0.15) is 0 Å². The van der Waals surface area contributed by atoms with E-state index in [1.54, 1.807) is 0 Å². The minimum absolute atomic E-state index is 0.399. The average Bonchev–Trinajstić information content (AvgIpc) is 2.53. The number of rotatable bonds is 4. The molecule has 3 rings (SSSR count). The van der Waals surface area contributed by atoms with Crippen LogP contribution in [0.25, 0.3) is 10.9 Å². The first-order valence-electron chi connectivity index (χ1n) is 7.61. The summed E-state index contributed by atoms with van der Waals surface area (Å²) in [4.78, 5) is 4.51. The zero-order valence-electron chi connectivity index (χ0n) is 12.6. The molecule has 0 saturated carbocycles. The summed E-state index contributed by atoms with van der Waals surface area (Å²) >= 11 is 4.22. The zero-order chi connectivity index (χ0) is 14.7. The van der Waals surface area contributed by atoms with Crippen molar-refractivity contribution >= 4 is 34.4 Å². The lowest BCUT2D eigenvalue weighted by molar-refractivity contribution is 0.529. The maximum Gasteiger partial charge on any atom is 0.0705 e. The number of hydrogen-bond acceptors (Lipinski definition) is 4. The van der Waals surface area contributed by atoms with Crippen molar-refractivity contribution in [3.8, 4) is 0 Å². The third kappa shape index (κ3) is 3.22. The minimum Gasteiger partial charge on any atom is -0.309 e. The smallest absolute Gasteiger partial charge is 0.0705 e. The molecule has 0 spiro atoms. The minimum atomic E-state index is 0.399. The van der Waals surface area contributed by atoms with Crippen molar-refractivity contribution in [1.29, 1.82) is 0 Å². The Bertz CT molecular complexity index is 597. The monoisotopic (exact) mass is 318 g/mol. The lowest BCUT2D eigenvalue weighted by Gasteiger charge is -2.35. The van der Waals surface area contributed by atoms with Gasteiger partial charge in [0, 0.05) is 39.6 Å². The van der Waals surface area contributed by atoms with E-state index in [0.717, 1.165) is 12.1 Å². The molecule has 21 heavy (non-hydrogen) atoms. The van der Waals surface area contributed by atoms with Crippen LogP contribution in [0.3, 0.4) is 0 Å². The van der Waals surface area contributed by atoms with Crippen LogP contribution in [-0.2, 0) is 0 Å². The topological polar surface area (TPSA) is 24.9 Å². The molecule has 0 aliphatic carbocycles. The fourth-order valence-corrected chi connectivity index (χ4v) is 5.98. The third-order valence-electron chi connectivity index (χ3n) is 4.00. The first-order chi connectivity index (χ1) is 10.3. The second-order valence-corrected chi connectivity index (χ2v) is 8.14. The Morgan fingerprint density at radius 1 is 1.24 bits per heavy atom. The zero-order valence-corrected chi connectivity index (χ0v) is 14.2. The Kier molecular flexibility index (Phi) is 5.09. The Morgan fingerprint density at radius 2 is 2.10 bits per heavy atom. The SMILES string of the molecule is CCNC(c1cccc2ncccc12)C1SCCSC1C. The fourth-order valence-electron chi connectivity index (χ4n) is 3.04. The van der Waals surface area contributed by atoms with Crippen LogP contribution in [0.4, 0.5) is 0 Å². The summed E-state index contributed by atoms with van der Waals surface area (Å²) in [6.07, 6.45) is 1.88. The number of fused-ring (bicyclic) bond motifs is 1. The number of nitrogens with one attached hydrogen (secondary N) is 1. The molecule has 2 nitrogen and oxygen atoms in total. The summed E-state index contributed by atoms with van der Waals surface area (Å²) in [6, 6.07) is 11.2. The third-order valence-corrected chi connectivity index (χ3v) is 7.20. The summed E-state index contributed by atoms with van der Waals surface area (Å²) in [6.45, 7) is 5.56. The van der Waals surface area contributed by atoms with Crippen LogP contribution in [0.15, 0.2) is 36.5 Å². The molecular weight excluding hydrogens is 296 g/mol. The lowest BCUT2D eigenvalue weighted by Crippen LogP contribution is -2.37. The van der Waals surface area contributed by atoms with Gasteiger partial charge in [-0.1, -0.05) is 32.0 Å². The number of pyridine rings is 1. The highest BCUT2D eigenvalue weighted by Crippen LogP contribution is 2.40. The highest BCUT2D eigenvalue weighted by atomic mass is 32.2. The largest absolute Gasteiger partial charge is 0.309 e. The van der Waals surface area contributed by atoms with Gasteiger partial charge in [-0.3, -0.25) is 4.98 Å². The molecule has 1 saturated heterocycles. The van der Waals surface area contributed by atoms with Crippen molar-refractivity contribution in [2.24, 2.45) is 0 Å². The molecule has 0 radical (unpaired) electrons. The Labute approximate surface area is 135 Å². The van der Waals surface area contributed by atoms with Gasteiger partial charge in [-0.05, 0) is 24.2 Å². The van der Waals surface area contributed by atoms with Crippen LogP contribution in [0.2, 0.25) is 0 Å². The van der Waals surface area contributed by atoms with E-state index in [-0.39, 0.29) is 0 Å². The van der Waals surface area contributed by atoms with E-state index in [2.05, 4.69) is 71.9 Å². The van der Waals surface area contributed by atoms with E-state index in [1.807, 2.05) is 12.3 Å².